The molecule has 2 rings (SSSR count). The molecular formula is C12H14N4O. The summed E-state index contributed by atoms with van der Waals surface area (Å²) in [5.41, 5.74) is 6.60. The predicted molar refractivity (Wildman–Crippen MR) is 67.5 cm³/mol. The van der Waals surface area contributed by atoms with Crippen LogP contribution in [-0.4, -0.2) is 24.1 Å². The van der Waals surface area contributed by atoms with Crippen molar-refractivity contribution in [1.82, 2.24) is 9.97 Å². The summed E-state index contributed by atoms with van der Waals surface area (Å²) in [5.74, 6) is 1.99. The lowest BCUT2D eigenvalue weighted by Crippen LogP contribution is -2.11. The highest BCUT2D eigenvalue weighted by Gasteiger charge is 2.06. The molecule has 2 N–H and O–H groups in total. The van der Waals surface area contributed by atoms with Crippen molar-refractivity contribution in [3.63, 3.8) is 0 Å². The number of anilines is 3. The molecule has 1 aromatic carbocycles. The van der Waals surface area contributed by atoms with E-state index in [0.717, 1.165) is 17.3 Å². The molecule has 88 valence electrons. The van der Waals surface area contributed by atoms with E-state index in [4.69, 9.17) is 10.5 Å². The zero-order valence-corrected chi connectivity index (χ0v) is 9.79. The zero-order chi connectivity index (χ0) is 12.3. The second kappa shape index (κ2) is 4.69. The summed E-state index contributed by atoms with van der Waals surface area (Å²) >= 11 is 0. The molecule has 1 heterocycles. The van der Waals surface area contributed by atoms with E-state index in [0.29, 0.717) is 5.82 Å². The van der Waals surface area contributed by atoms with Gasteiger partial charge in [-0.2, -0.15) is 0 Å². The van der Waals surface area contributed by atoms with E-state index < -0.39 is 0 Å². The highest BCUT2D eigenvalue weighted by molar-refractivity contribution is 5.62. The fourth-order valence-electron chi connectivity index (χ4n) is 1.50. The van der Waals surface area contributed by atoms with Crippen LogP contribution in [0.3, 0.4) is 0 Å². The minimum absolute atomic E-state index is 0.449. The van der Waals surface area contributed by atoms with Crippen LogP contribution >= 0.6 is 0 Å². The normalized spacial score (nSPS) is 10.0. The van der Waals surface area contributed by atoms with Crippen molar-refractivity contribution in [2.45, 2.75) is 0 Å². The summed E-state index contributed by atoms with van der Waals surface area (Å²) in [6.07, 6.45) is 1.45. The van der Waals surface area contributed by atoms with Crippen LogP contribution < -0.4 is 15.4 Å². The number of aromatic nitrogens is 2. The van der Waals surface area contributed by atoms with Crippen LogP contribution in [0.4, 0.5) is 17.3 Å². The number of nitrogens with two attached hydrogens (primary N) is 1. The molecule has 1 aromatic heterocycles. The lowest BCUT2D eigenvalue weighted by atomic mass is 10.3. The molecule has 0 saturated heterocycles. The van der Waals surface area contributed by atoms with Crippen LogP contribution in [0.5, 0.6) is 5.75 Å². The number of benzene rings is 1. The molecule has 5 nitrogen and oxygen atoms in total. The Balaban J connectivity index is 2.33. The first-order valence-corrected chi connectivity index (χ1v) is 5.16. The minimum Gasteiger partial charge on any atom is -0.497 e. The molecule has 0 spiro atoms. The summed E-state index contributed by atoms with van der Waals surface area (Å²) in [6.45, 7) is 0. The van der Waals surface area contributed by atoms with Gasteiger partial charge in [-0.3, -0.25) is 0 Å². The maximum atomic E-state index is 5.63. The first kappa shape index (κ1) is 11.2. The number of nitrogens with zero attached hydrogens (tertiary/aromatic N) is 3. The average Bonchev–Trinajstić information content (AvgIpc) is 2.38. The topological polar surface area (TPSA) is 64.3 Å². The van der Waals surface area contributed by atoms with E-state index in [-0.39, 0.29) is 0 Å². The third-order valence-corrected chi connectivity index (χ3v) is 2.46. The summed E-state index contributed by atoms with van der Waals surface area (Å²) in [6, 6.07) is 9.44. The summed E-state index contributed by atoms with van der Waals surface area (Å²) in [7, 11) is 3.55. The van der Waals surface area contributed by atoms with Crippen molar-refractivity contribution in [2.75, 3.05) is 24.8 Å². The molecule has 0 aliphatic rings. The van der Waals surface area contributed by atoms with E-state index >= 15 is 0 Å². The molecule has 0 radical (unpaired) electrons. The van der Waals surface area contributed by atoms with Crippen LogP contribution in [0.25, 0.3) is 0 Å². The number of hydrogen-bond acceptors (Lipinski definition) is 5. The second-order valence-corrected chi connectivity index (χ2v) is 3.56. The molecule has 17 heavy (non-hydrogen) atoms. The zero-order valence-electron chi connectivity index (χ0n) is 9.79. The Bertz CT molecular complexity index is 515. The predicted octanol–water partition coefficient (Wildman–Crippen LogP) is 1.84. The summed E-state index contributed by atoms with van der Waals surface area (Å²) in [4.78, 5) is 9.95. The fraction of sp³-hybridized carbons (Fsp3) is 0.167. The van der Waals surface area contributed by atoms with Gasteiger partial charge in [-0.05, 0) is 12.1 Å². The van der Waals surface area contributed by atoms with Crippen LogP contribution in [0.2, 0.25) is 0 Å². The van der Waals surface area contributed by atoms with Gasteiger partial charge in [-0.15, -0.1) is 0 Å². The quantitative estimate of drug-likeness (QED) is 0.871. The smallest absolute Gasteiger partial charge is 0.138 e. The van der Waals surface area contributed by atoms with Crippen LogP contribution in [0, 0.1) is 0 Å². The van der Waals surface area contributed by atoms with E-state index in [1.165, 1.54) is 6.33 Å². The first-order chi connectivity index (χ1) is 8.20. The third kappa shape index (κ3) is 2.44. The van der Waals surface area contributed by atoms with Crippen molar-refractivity contribution in [3.05, 3.63) is 36.7 Å². The largest absolute Gasteiger partial charge is 0.497 e. The summed E-state index contributed by atoms with van der Waals surface area (Å²) in [5, 5.41) is 0. The highest BCUT2D eigenvalue weighted by Crippen LogP contribution is 2.25. The molecule has 0 fully saturated rings. The van der Waals surface area contributed by atoms with E-state index in [9.17, 15) is 0 Å². The fourth-order valence-corrected chi connectivity index (χ4v) is 1.50. The second-order valence-electron chi connectivity index (χ2n) is 3.56. The third-order valence-electron chi connectivity index (χ3n) is 2.46. The Morgan fingerprint density at radius 3 is 2.76 bits per heavy atom. The molecule has 0 atom stereocenters. The van der Waals surface area contributed by atoms with Gasteiger partial charge in [0.1, 0.15) is 23.7 Å². The van der Waals surface area contributed by atoms with Crippen LogP contribution in [0.15, 0.2) is 36.7 Å². The number of methoxy groups -OCH3 is 1. The van der Waals surface area contributed by atoms with E-state index in [1.807, 2.05) is 36.2 Å². The van der Waals surface area contributed by atoms with Crippen LogP contribution in [-0.2, 0) is 0 Å². The van der Waals surface area contributed by atoms with Gasteiger partial charge in [-0.25, -0.2) is 9.97 Å². The molecular weight excluding hydrogens is 216 g/mol. The van der Waals surface area contributed by atoms with Gasteiger partial charge < -0.3 is 15.4 Å². The Hall–Kier alpha value is -2.30. The molecule has 0 amide bonds. The molecule has 5 heteroatoms. The number of rotatable bonds is 3. The molecule has 0 unspecified atom stereocenters. The Kier molecular flexibility index (Phi) is 3.09. The Morgan fingerprint density at radius 2 is 2.06 bits per heavy atom. The van der Waals surface area contributed by atoms with Gasteiger partial charge >= 0.3 is 0 Å². The van der Waals surface area contributed by atoms with Crippen molar-refractivity contribution in [3.8, 4) is 5.75 Å². The number of ether oxygens (including phenoxy) is 1. The first-order valence-electron chi connectivity index (χ1n) is 5.16. The van der Waals surface area contributed by atoms with Gasteiger partial charge in [0.05, 0.1) is 7.11 Å². The van der Waals surface area contributed by atoms with Gasteiger partial charge in [0, 0.05) is 24.9 Å². The average molecular weight is 230 g/mol. The summed E-state index contributed by atoms with van der Waals surface area (Å²) < 4.78 is 5.18. The van der Waals surface area contributed by atoms with Gasteiger partial charge in [0.25, 0.3) is 0 Å². The van der Waals surface area contributed by atoms with Crippen LogP contribution in [0.1, 0.15) is 0 Å². The lowest BCUT2D eigenvalue weighted by molar-refractivity contribution is 0.415. The Morgan fingerprint density at radius 1 is 1.24 bits per heavy atom. The number of nitrogen functional groups attached to an aromatic ring is 1. The van der Waals surface area contributed by atoms with Gasteiger partial charge in [0.2, 0.25) is 0 Å². The molecule has 0 aliphatic heterocycles. The molecule has 0 saturated carbocycles. The standard InChI is InChI=1S/C12H14N4O/c1-16(12-7-11(13)14-8-15-12)9-4-3-5-10(6-9)17-2/h3-8H,1-2H3,(H2,13,14,15). The molecule has 0 aliphatic carbocycles. The van der Waals surface area contributed by atoms with Crippen molar-refractivity contribution in [2.24, 2.45) is 0 Å². The SMILES string of the molecule is COc1cccc(N(C)c2cc(N)ncn2)c1. The monoisotopic (exact) mass is 230 g/mol. The lowest BCUT2D eigenvalue weighted by Gasteiger charge is -2.18. The van der Waals surface area contributed by atoms with Crippen molar-refractivity contribution < 1.29 is 4.74 Å². The van der Waals surface area contributed by atoms with Gasteiger partial charge in [0.15, 0.2) is 0 Å². The minimum atomic E-state index is 0.449. The van der Waals surface area contributed by atoms with Gasteiger partial charge in [-0.1, -0.05) is 6.07 Å². The Labute approximate surface area is 99.9 Å². The molecule has 2 aromatic rings. The van der Waals surface area contributed by atoms with E-state index in [1.54, 1.807) is 13.2 Å². The highest BCUT2D eigenvalue weighted by atomic mass is 16.5. The molecule has 0 bridgehead atoms. The van der Waals surface area contributed by atoms with Crippen molar-refractivity contribution in [1.29, 1.82) is 0 Å². The van der Waals surface area contributed by atoms with Crippen molar-refractivity contribution >= 4 is 17.3 Å². The number of hydrogen-bond donors (Lipinski definition) is 1. The maximum Gasteiger partial charge on any atom is 0.138 e. The van der Waals surface area contributed by atoms with E-state index in [2.05, 4.69) is 9.97 Å². The maximum absolute atomic E-state index is 5.63.